The summed E-state index contributed by atoms with van der Waals surface area (Å²) in [4.78, 5) is 18.7. The number of nitrogens with zero attached hydrogens (tertiary/aromatic N) is 3. The van der Waals surface area contributed by atoms with Gasteiger partial charge in [-0.1, -0.05) is 25.0 Å². The van der Waals surface area contributed by atoms with Crippen LogP contribution < -0.4 is 24.5 Å². The highest BCUT2D eigenvalue weighted by Crippen LogP contribution is 2.41. The maximum atomic E-state index is 14.1. The fourth-order valence-electron chi connectivity index (χ4n) is 5.84. The SMILES string of the molecule is COc1cc2c(cc1OCCN1CCCCCC1)c(=O)n(CCN(C)C)c1c3cc4c(cc3ccc21)OCO4. The van der Waals surface area contributed by atoms with Crippen molar-refractivity contribution in [2.24, 2.45) is 0 Å². The van der Waals surface area contributed by atoms with Gasteiger partial charge < -0.3 is 28.4 Å². The van der Waals surface area contributed by atoms with Crippen LogP contribution in [-0.2, 0) is 6.54 Å². The van der Waals surface area contributed by atoms with Crippen LogP contribution in [0.4, 0.5) is 0 Å². The van der Waals surface area contributed by atoms with Gasteiger partial charge in [-0.05, 0) is 69.7 Å². The zero-order valence-corrected chi connectivity index (χ0v) is 23.1. The summed E-state index contributed by atoms with van der Waals surface area (Å²) < 4.78 is 25.2. The lowest BCUT2D eigenvalue weighted by Crippen LogP contribution is -2.29. The van der Waals surface area contributed by atoms with Crippen LogP contribution in [0.25, 0.3) is 32.4 Å². The molecule has 6 rings (SSSR count). The molecule has 2 aliphatic rings. The molecule has 3 aromatic carbocycles. The van der Waals surface area contributed by atoms with Gasteiger partial charge in [0, 0.05) is 35.8 Å². The Balaban J connectivity index is 1.47. The second-order valence-corrected chi connectivity index (χ2v) is 10.8. The van der Waals surface area contributed by atoms with Crippen LogP contribution in [0.15, 0.2) is 41.2 Å². The van der Waals surface area contributed by atoms with Crippen molar-refractivity contribution in [2.45, 2.75) is 32.2 Å². The van der Waals surface area contributed by atoms with Crippen LogP contribution in [0.2, 0.25) is 0 Å². The highest BCUT2D eigenvalue weighted by molar-refractivity contribution is 6.16. The molecule has 0 N–H and O–H groups in total. The van der Waals surface area contributed by atoms with E-state index < -0.39 is 0 Å². The first-order valence-corrected chi connectivity index (χ1v) is 13.9. The lowest BCUT2D eigenvalue weighted by molar-refractivity contribution is 0.174. The summed E-state index contributed by atoms with van der Waals surface area (Å²) in [7, 11) is 5.69. The lowest BCUT2D eigenvalue weighted by Gasteiger charge is -2.21. The molecule has 1 saturated heterocycles. The molecule has 39 heavy (non-hydrogen) atoms. The van der Waals surface area contributed by atoms with E-state index in [0.717, 1.165) is 59.0 Å². The first-order valence-electron chi connectivity index (χ1n) is 13.9. The van der Waals surface area contributed by atoms with Gasteiger partial charge in [0.25, 0.3) is 5.56 Å². The van der Waals surface area contributed by atoms with Crippen LogP contribution in [0, 0.1) is 0 Å². The zero-order chi connectivity index (χ0) is 26.9. The van der Waals surface area contributed by atoms with Crippen LogP contribution in [0.3, 0.4) is 0 Å². The number of ether oxygens (including phenoxy) is 4. The minimum atomic E-state index is -0.0375. The van der Waals surface area contributed by atoms with E-state index in [1.165, 1.54) is 25.7 Å². The monoisotopic (exact) mass is 531 g/mol. The Hall–Kier alpha value is -3.49. The summed E-state index contributed by atoms with van der Waals surface area (Å²) in [6.07, 6.45) is 5.11. The maximum Gasteiger partial charge on any atom is 0.259 e. The van der Waals surface area contributed by atoms with Crippen LogP contribution in [0.1, 0.15) is 25.7 Å². The molecule has 8 nitrogen and oxygen atoms in total. The van der Waals surface area contributed by atoms with Crippen molar-refractivity contribution in [1.82, 2.24) is 14.4 Å². The first-order chi connectivity index (χ1) is 19.0. The smallest absolute Gasteiger partial charge is 0.259 e. The van der Waals surface area contributed by atoms with E-state index in [2.05, 4.69) is 21.9 Å². The Labute approximate surface area is 228 Å². The number of hydrogen-bond acceptors (Lipinski definition) is 7. The molecular formula is C31H37N3O5. The number of likely N-dealkylation sites (tertiary alicyclic amines) is 1. The number of benzene rings is 3. The molecule has 1 fully saturated rings. The molecule has 2 aliphatic heterocycles. The minimum absolute atomic E-state index is 0.0375. The average molecular weight is 532 g/mol. The summed E-state index contributed by atoms with van der Waals surface area (Å²) in [5.74, 6) is 2.68. The number of aromatic nitrogens is 1. The molecule has 0 radical (unpaired) electrons. The molecule has 0 aliphatic carbocycles. The summed E-state index contributed by atoms with van der Waals surface area (Å²) in [6.45, 7) is 5.16. The summed E-state index contributed by atoms with van der Waals surface area (Å²) in [5.41, 5.74) is 0.853. The van der Waals surface area contributed by atoms with Crippen LogP contribution in [0.5, 0.6) is 23.0 Å². The van der Waals surface area contributed by atoms with Gasteiger partial charge in [-0.3, -0.25) is 9.69 Å². The third kappa shape index (κ3) is 4.99. The summed E-state index contributed by atoms with van der Waals surface area (Å²) >= 11 is 0. The van der Waals surface area contributed by atoms with Crippen molar-refractivity contribution < 1.29 is 18.9 Å². The maximum absolute atomic E-state index is 14.1. The van der Waals surface area contributed by atoms with Crippen molar-refractivity contribution in [1.29, 1.82) is 0 Å². The van der Waals surface area contributed by atoms with Crippen molar-refractivity contribution in [3.63, 3.8) is 0 Å². The van der Waals surface area contributed by atoms with Crippen molar-refractivity contribution in [2.75, 3.05) is 60.8 Å². The van der Waals surface area contributed by atoms with Gasteiger partial charge in [-0.2, -0.15) is 0 Å². The van der Waals surface area contributed by atoms with Crippen LogP contribution in [-0.4, -0.2) is 75.2 Å². The summed E-state index contributed by atoms with van der Waals surface area (Å²) in [5, 5.41) is 4.44. The molecule has 8 heteroatoms. The molecule has 0 unspecified atom stereocenters. The Morgan fingerprint density at radius 1 is 0.846 bits per heavy atom. The van der Waals surface area contributed by atoms with Gasteiger partial charge >= 0.3 is 0 Å². The molecule has 206 valence electrons. The third-order valence-electron chi connectivity index (χ3n) is 7.96. The van der Waals surface area contributed by atoms with Gasteiger partial charge in [0.05, 0.1) is 18.0 Å². The quantitative estimate of drug-likeness (QED) is 0.301. The van der Waals surface area contributed by atoms with Gasteiger partial charge in [0.2, 0.25) is 6.79 Å². The normalized spacial score (nSPS) is 15.9. The number of pyridine rings is 1. The Morgan fingerprint density at radius 3 is 2.33 bits per heavy atom. The van der Waals surface area contributed by atoms with Crippen molar-refractivity contribution >= 4 is 32.4 Å². The molecule has 0 bridgehead atoms. The van der Waals surface area contributed by atoms with Gasteiger partial charge in [0.15, 0.2) is 23.0 Å². The first kappa shape index (κ1) is 25.8. The number of methoxy groups -OCH3 is 1. The molecule has 0 amide bonds. The van der Waals surface area contributed by atoms with E-state index in [9.17, 15) is 4.79 Å². The Kier molecular flexibility index (Phi) is 7.23. The molecule has 0 saturated carbocycles. The fourth-order valence-corrected chi connectivity index (χ4v) is 5.84. The molecule has 4 aromatic rings. The van der Waals surface area contributed by atoms with Gasteiger partial charge in [-0.25, -0.2) is 0 Å². The number of hydrogen-bond donors (Lipinski definition) is 0. The molecule has 0 atom stereocenters. The largest absolute Gasteiger partial charge is 0.493 e. The van der Waals surface area contributed by atoms with E-state index in [-0.39, 0.29) is 12.4 Å². The van der Waals surface area contributed by atoms with E-state index in [0.29, 0.717) is 35.8 Å². The minimum Gasteiger partial charge on any atom is -0.493 e. The number of fused-ring (bicyclic) bond motifs is 6. The number of likely N-dealkylation sites (N-methyl/N-ethyl adjacent to an activating group) is 1. The van der Waals surface area contributed by atoms with E-state index >= 15 is 0 Å². The molecular weight excluding hydrogens is 494 g/mol. The number of rotatable bonds is 8. The summed E-state index contributed by atoms with van der Waals surface area (Å²) in [6, 6.07) is 12.0. The Bertz CT molecular complexity index is 1570. The third-order valence-corrected chi connectivity index (χ3v) is 7.96. The topological polar surface area (TPSA) is 65.4 Å². The average Bonchev–Trinajstić information content (AvgIpc) is 3.24. The molecule has 0 spiro atoms. The molecule has 1 aromatic heterocycles. The van der Waals surface area contributed by atoms with Crippen LogP contribution >= 0.6 is 0 Å². The second kappa shape index (κ2) is 10.9. The zero-order valence-electron chi connectivity index (χ0n) is 23.1. The highest BCUT2D eigenvalue weighted by Gasteiger charge is 2.21. The van der Waals surface area contributed by atoms with Gasteiger partial charge in [0.1, 0.15) is 6.61 Å². The molecule has 3 heterocycles. The van der Waals surface area contributed by atoms with Gasteiger partial charge in [-0.15, -0.1) is 0 Å². The Morgan fingerprint density at radius 2 is 1.59 bits per heavy atom. The standard InChI is InChI=1S/C31H37N3O5/c1-32(2)12-13-34-30-22(9-8-21-16-27-29(17-23(21)30)39-20-38-27)24-18-26(36-3)28(19-25(24)31(34)35)37-15-14-33-10-6-4-5-7-11-33/h8-9,16-19H,4-7,10-15,20H2,1-3H3. The lowest BCUT2D eigenvalue weighted by atomic mass is 9.99. The second-order valence-electron chi connectivity index (χ2n) is 10.8. The predicted octanol–water partition coefficient (Wildman–Crippen LogP) is 4.86. The fraction of sp³-hybridized carbons (Fsp3) is 0.452. The van der Waals surface area contributed by atoms with E-state index in [4.69, 9.17) is 18.9 Å². The van der Waals surface area contributed by atoms with E-state index in [1.54, 1.807) is 7.11 Å². The highest BCUT2D eigenvalue weighted by atomic mass is 16.7. The predicted molar refractivity (Wildman–Crippen MR) is 155 cm³/mol. The van der Waals surface area contributed by atoms with Crippen molar-refractivity contribution in [3.05, 3.63) is 46.8 Å². The van der Waals surface area contributed by atoms with Crippen molar-refractivity contribution in [3.8, 4) is 23.0 Å². The van der Waals surface area contributed by atoms with E-state index in [1.807, 2.05) is 42.9 Å².